The first-order chi connectivity index (χ1) is 6.16. The van der Waals surface area contributed by atoms with Gasteiger partial charge < -0.3 is 26.3 Å². The van der Waals surface area contributed by atoms with Crippen LogP contribution in [0.3, 0.4) is 0 Å². The van der Waals surface area contributed by atoms with E-state index in [2.05, 4.69) is 8.83 Å². The third kappa shape index (κ3) is 12.1. The summed E-state index contributed by atoms with van der Waals surface area (Å²) in [6, 6.07) is 0. The molecule has 15 heavy (non-hydrogen) atoms. The van der Waals surface area contributed by atoms with E-state index in [1.165, 1.54) is 0 Å². The summed E-state index contributed by atoms with van der Waals surface area (Å²) in [4.78, 5) is 24.9. The molecule has 0 aromatic rings. The van der Waals surface area contributed by atoms with E-state index >= 15 is 0 Å². The van der Waals surface area contributed by atoms with Crippen molar-refractivity contribution in [3.05, 3.63) is 0 Å². The Morgan fingerprint density at radius 1 is 1.27 bits per heavy atom. The van der Waals surface area contributed by atoms with Crippen LogP contribution in [0.4, 0.5) is 0 Å². The smallest absolute Gasteiger partial charge is 1.00 e. The van der Waals surface area contributed by atoms with Gasteiger partial charge >= 0.3 is 67.0 Å². The largest absolute Gasteiger partial charge is 1.00 e. The van der Waals surface area contributed by atoms with Crippen LogP contribution in [0.1, 0.15) is 1.43 Å². The van der Waals surface area contributed by atoms with Crippen molar-refractivity contribution >= 4 is 15.6 Å². The second-order valence-electron chi connectivity index (χ2n) is 2.17. The van der Waals surface area contributed by atoms with E-state index in [0.29, 0.717) is 0 Å². The molecule has 12 heteroatoms. The first-order valence-corrected chi connectivity index (χ1v) is 6.22. The zero-order chi connectivity index (χ0) is 11.4. The molecule has 0 aromatic carbocycles. The van der Waals surface area contributed by atoms with Crippen molar-refractivity contribution in [1.29, 1.82) is 0 Å². The molecule has 0 aliphatic heterocycles. The fraction of sp³-hybridized carbons (Fsp3) is 1.00. The van der Waals surface area contributed by atoms with Crippen molar-refractivity contribution < 1.29 is 95.7 Å². The fourth-order valence-corrected chi connectivity index (χ4v) is 2.02. The van der Waals surface area contributed by atoms with Crippen LogP contribution < -0.4 is 51.4 Å². The predicted molar refractivity (Wildman–Crippen MR) is 43.1 cm³/mol. The van der Waals surface area contributed by atoms with E-state index < -0.39 is 35.0 Å². The van der Waals surface area contributed by atoms with E-state index in [1.807, 2.05) is 0 Å². The fourth-order valence-electron chi connectivity index (χ4n) is 0.391. The number of aliphatic hydroxyl groups is 2. The minimum absolute atomic E-state index is 0. The van der Waals surface area contributed by atoms with Crippen LogP contribution in [0, 0.1) is 0 Å². The van der Waals surface area contributed by atoms with Crippen molar-refractivity contribution in [2.45, 2.75) is 6.10 Å². The number of aliphatic hydroxyl groups excluding tert-OH is 2. The molecule has 2 unspecified atom stereocenters. The molecule has 0 heterocycles. The molecule has 2 atom stereocenters. The molecule has 0 rings (SSSR count). The van der Waals surface area contributed by atoms with Gasteiger partial charge in [0.2, 0.25) is 0 Å². The minimum atomic E-state index is -5.14. The zero-order valence-corrected chi connectivity index (χ0v) is 12.7. The van der Waals surface area contributed by atoms with Gasteiger partial charge in [0.15, 0.2) is 0 Å². The average molecular weight is 292 g/mol. The van der Waals surface area contributed by atoms with Gasteiger partial charge in [-0.3, -0.25) is 4.52 Å². The molecule has 88 valence electrons. The van der Waals surface area contributed by atoms with Gasteiger partial charge in [-0.15, -0.1) is 0 Å². The van der Waals surface area contributed by atoms with Crippen molar-refractivity contribution in [3.8, 4) is 0 Å². The van der Waals surface area contributed by atoms with E-state index in [-0.39, 0.29) is 52.8 Å². The Balaban J connectivity index is -0.000000845. The van der Waals surface area contributed by atoms with Crippen LogP contribution in [-0.2, 0) is 18.0 Å². The summed E-state index contributed by atoms with van der Waals surface area (Å²) < 4.78 is 28.1. The molecule has 0 saturated heterocycles. The van der Waals surface area contributed by atoms with Crippen LogP contribution in [0.5, 0.6) is 0 Å². The Morgan fingerprint density at radius 3 is 2.07 bits per heavy atom. The summed E-state index contributed by atoms with van der Waals surface area (Å²) in [5, 5.41) is 16.9. The summed E-state index contributed by atoms with van der Waals surface area (Å²) >= 11 is 0. The summed E-state index contributed by atoms with van der Waals surface area (Å²) in [7, 11) is -10.1. The van der Waals surface area contributed by atoms with Crippen molar-refractivity contribution in [2.24, 2.45) is 0 Å². The Kier molecular flexibility index (Phi) is 10.2. The van der Waals surface area contributed by atoms with Crippen LogP contribution in [0.25, 0.3) is 0 Å². The standard InChI is InChI=1S/C3H10O9P2.K.H/c4-1-3(5)2-11-14(9,10)12-13(6,7)8;;/h3-5H,1-2H2,(H,9,10)(H2,6,7,8);;/q;+1;-1. The van der Waals surface area contributed by atoms with Crippen LogP contribution in [0.15, 0.2) is 0 Å². The normalized spacial score (nSPS) is 17.7. The third-order valence-corrected chi connectivity index (χ3v) is 3.00. The van der Waals surface area contributed by atoms with Crippen LogP contribution in [0.2, 0.25) is 0 Å². The van der Waals surface area contributed by atoms with Crippen molar-refractivity contribution in [2.75, 3.05) is 13.2 Å². The molecule has 0 aromatic heterocycles. The molecule has 5 N–H and O–H groups in total. The maximum Gasteiger partial charge on any atom is 1.00 e. The molecule has 0 fully saturated rings. The Labute approximate surface area is 129 Å². The first-order valence-electron chi connectivity index (χ1n) is 3.19. The van der Waals surface area contributed by atoms with E-state index in [1.54, 1.807) is 0 Å². The second kappa shape index (κ2) is 8.01. The van der Waals surface area contributed by atoms with Crippen molar-refractivity contribution in [1.82, 2.24) is 0 Å². The van der Waals surface area contributed by atoms with Gasteiger partial charge in [-0.05, 0) is 0 Å². The zero-order valence-electron chi connectivity index (χ0n) is 8.76. The third-order valence-electron chi connectivity index (χ3n) is 0.850. The molecule has 0 radical (unpaired) electrons. The molecule has 0 bridgehead atoms. The van der Waals surface area contributed by atoms with Gasteiger partial charge in [-0.2, -0.15) is 4.31 Å². The number of hydrogen-bond acceptors (Lipinski definition) is 6. The maximum atomic E-state index is 10.7. The Bertz CT molecular complexity index is 267. The number of phosphoric ester groups is 1. The number of hydrogen-bond donors (Lipinski definition) is 5. The molecule has 0 aliphatic rings. The van der Waals surface area contributed by atoms with Gasteiger partial charge in [0, 0.05) is 0 Å². The number of phosphoric acid groups is 2. The van der Waals surface area contributed by atoms with E-state index in [0.717, 1.165) is 0 Å². The van der Waals surface area contributed by atoms with Gasteiger partial charge in [0.05, 0.1) is 13.2 Å². The number of rotatable bonds is 6. The summed E-state index contributed by atoms with van der Waals surface area (Å²) in [6.07, 6.45) is -1.43. The summed E-state index contributed by atoms with van der Waals surface area (Å²) in [6.45, 7) is -1.51. The van der Waals surface area contributed by atoms with Crippen LogP contribution in [-0.4, -0.2) is 44.2 Å². The molecular formula is C3H11KO9P2. The monoisotopic (exact) mass is 292 g/mol. The van der Waals surface area contributed by atoms with E-state index in [9.17, 15) is 9.13 Å². The maximum absolute atomic E-state index is 10.7. The quantitative estimate of drug-likeness (QED) is 0.241. The minimum Gasteiger partial charge on any atom is -1.00 e. The van der Waals surface area contributed by atoms with Crippen LogP contribution >= 0.6 is 15.6 Å². The topological polar surface area (TPSA) is 154 Å². The molecule has 0 saturated carbocycles. The molecule has 0 aliphatic carbocycles. The average Bonchev–Trinajstić information content (AvgIpc) is 1.96. The molecular weight excluding hydrogens is 281 g/mol. The van der Waals surface area contributed by atoms with E-state index in [4.69, 9.17) is 24.9 Å². The van der Waals surface area contributed by atoms with Gasteiger partial charge in [-0.1, -0.05) is 0 Å². The Morgan fingerprint density at radius 2 is 1.73 bits per heavy atom. The summed E-state index contributed by atoms with van der Waals surface area (Å²) in [5.74, 6) is 0. The molecule has 0 spiro atoms. The molecule has 0 amide bonds. The molecule has 9 nitrogen and oxygen atoms in total. The van der Waals surface area contributed by atoms with Gasteiger partial charge in [0.1, 0.15) is 6.10 Å². The Hall–Kier alpha value is 1.82. The summed E-state index contributed by atoms with van der Waals surface area (Å²) in [5.41, 5.74) is 0. The van der Waals surface area contributed by atoms with Gasteiger partial charge in [-0.25, -0.2) is 9.13 Å². The second-order valence-corrected chi connectivity index (χ2v) is 5.00. The van der Waals surface area contributed by atoms with Crippen molar-refractivity contribution in [3.63, 3.8) is 0 Å². The SMILES string of the molecule is O=P(O)(O)OP(=O)(O)OCC(O)CO.[H-].[K+]. The van der Waals surface area contributed by atoms with Gasteiger partial charge in [0.25, 0.3) is 0 Å². The predicted octanol–water partition coefficient (Wildman–Crippen LogP) is -4.32. The first kappa shape index (κ1) is 19.2.